The van der Waals surface area contributed by atoms with E-state index < -0.39 is 5.97 Å². The first-order chi connectivity index (χ1) is 10.0. The zero-order chi connectivity index (χ0) is 15.2. The van der Waals surface area contributed by atoms with Crippen LogP contribution in [0.15, 0.2) is 53.0 Å². The van der Waals surface area contributed by atoms with Crippen molar-refractivity contribution in [1.82, 2.24) is 0 Å². The maximum absolute atomic E-state index is 10.6. The van der Waals surface area contributed by atoms with Crippen LogP contribution in [0.4, 0.5) is 0 Å². The fourth-order valence-electron chi connectivity index (χ4n) is 1.65. The summed E-state index contributed by atoms with van der Waals surface area (Å²) in [6.45, 7) is 0.473. The van der Waals surface area contributed by atoms with E-state index >= 15 is 0 Å². The minimum atomic E-state index is -0.980. The number of aliphatic carboxylic acids is 1. The number of halogens is 2. The SMILES string of the molecule is O=C(O)/C=C/c1cc(OCc2ccc(I)cc2)ccc1Br. The number of carboxylic acids is 1. The van der Waals surface area contributed by atoms with E-state index in [4.69, 9.17) is 9.84 Å². The third-order valence-electron chi connectivity index (χ3n) is 2.69. The zero-order valence-electron chi connectivity index (χ0n) is 10.9. The Bertz CT molecular complexity index is 666. The van der Waals surface area contributed by atoms with Gasteiger partial charge in [0.2, 0.25) is 0 Å². The van der Waals surface area contributed by atoms with Crippen LogP contribution in [0.3, 0.4) is 0 Å². The van der Waals surface area contributed by atoms with E-state index in [0.29, 0.717) is 12.4 Å². The second-order valence-corrected chi connectivity index (χ2v) is 6.37. The molecule has 0 heterocycles. The molecule has 0 aliphatic carbocycles. The number of carboxylic acid groups (broad SMARTS) is 1. The Labute approximate surface area is 144 Å². The largest absolute Gasteiger partial charge is 0.489 e. The van der Waals surface area contributed by atoms with E-state index in [-0.39, 0.29) is 0 Å². The van der Waals surface area contributed by atoms with Gasteiger partial charge in [0.25, 0.3) is 0 Å². The van der Waals surface area contributed by atoms with Crippen molar-refractivity contribution in [3.8, 4) is 5.75 Å². The standard InChI is InChI=1S/C16H12BrIO3/c17-15-7-6-14(9-12(15)3-8-16(19)20)21-10-11-1-4-13(18)5-2-11/h1-9H,10H2,(H,19,20)/b8-3+. The topological polar surface area (TPSA) is 46.5 Å². The normalized spacial score (nSPS) is 10.8. The number of hydrogen-bond donors (Lipinski definition) is 1. The van der Waals surface area contributed by atoms with Gasteiger partial charge in [0, 0.05) is 14.1 Å². The van der Waals surface area contributed by atoms with Gasteiger partial charge < -0.3 is 9.84 Å². The molecule has 0 unspecified atom stereocenters. The van der Waals surface area contributed by atoms with Gasteiger partial charge in [-0.15, -0.1) is 0 Å². The molecular weight excluding hydrogens is 447 g/mol. The second kappa shape index (κ2) is 7.61. The van der Waals surface area contributed by atoms with Crippen molar-refractivity contribution in [2.75, 3.05) is 0 Å². The summed E-state index contributed by atoms with van der Waals surface area (Å²) in [5.74, 6) is -0.283. The lowest BCUT2D eigenvalue weighted by Crippen LogP contribution is -1.96. The molecule has 0 bridgehead atoms. The number of ether oxygens (including phenoxy) is 1. The van der Waals surface area contributed by atoms with E-state index in [0.717, 1.165) is 21.7 Å². The summed E-state index contributed by atoms with van der Waals surface area (Å²) in [7, 11) is 0. The average molecular weight is 459 g/mol. The molecule has 2 aromatic carbocycles. The summed E-state index contributed by atoms with van der Waals surface area (Å²) >= 11 is 5.64. The van der Waals surface area contributed by atoms with Crippen molar-refractivity contribution in [2.24, 2.45) is 0 Å². The zero-order valence-corrected chi connectivity index (χ0v) is 14.7. The Morgan fingerprint density at radius 1 is 1.24 bits per heavy atom. The van der Waals surface area contributed by atoms with Gasteiger partial charge in [0.05, 0.1) is 0 Å². The van der Waals surface area contributed by atoms with Crippen molar-refractivity contribution >= 4 is 50.6 Å². The molecule has 0 fully saturated rings. The molecule has 2 aromatic rings. The molecule has 0 aliphatic rings. The molecule has 3 nitrogen and oxygen atoms in total. The molecule has 0 atom stereocenters. The third-order valence-corrected chi connectivity index (χ3v) is 4.13. The van der Waals surface area contributed by atoms with Crippen LogP contribution in [-0.4, -0.2) is 11.1 Å². The van der Waals surface area contributed by atoms with E-state index in [1.165, 1.54) is 9.65 Å². The Morgan fingerprint density at radius 3 is 2.62 bits per heavy atom. The van der Waals surface area contributed by atoms with E-state index in [2.05, 4.69) is 38.5 Å². The first-order valence-corrected chi connectivity index (χ1v) is 7.99. The highest BCUT2D eigenvalue weighted by Crippen LogP contribution is 2.24. The maximum Gasteiger partial charge on any atom is 0.328 e. The molecule has 1 N–H and O–H groups in total. The van der Waals surface area contributed by atoms with Crippen molar-refractivity contribution in [3.63, 3.8) is 0 Å². The average Bonchev–Trinajstić information content (AvgIpc) is 2.46. The smallest absolute Gasteiger partial charge is 0.328 e. The van der Waals surface area contributed by atoms with E-state index in [9.17, 15) is 4.79 Å². The summed E-state index contributed by atoms with van der Waals surface area (Å²) < 4.78 is 7.73. The minimum absolute atomic E-state index is 0.473. The molecule has 2 rings (SSSR count). The van der Waals surface area contributed by atoms with Crippen LogP contribution in [-0.2, 0) is 11.4 Å². The van der Waals surface area contributed by atoms with Gasteiger partial charge in [-0.1, -0.05) is 28.1 Å². The van der Waals surface area contributed by atoms with Gasteiger partial charge in [0.15, 0.2) is 0 Å². The Kier molecular flexibility index (Phi) is 5.81. The predicted molar refractivity (Wildman–Crippen MR) is 94.3 cm³/mol. The van der Waals surface area contributed by atoms with Crippen LogP contribution >= 0.6 is 38.5 Å². The van der Waals surface area contributed by atoms with Crippen LogP contribution < -0.4 is 4.74 Å². The molecule has 0 amide bonds. The monoisotopic (exact) mass is 458 g/mol. The summed E-state index contributed by atoms with van der Waals surface area (Å²) in [6.07, 6.45) is 2.63. The number of carbonyl (C=O) groups is 1. The van der Waals surface area contributed by atoms with Crippen molar-refractivity contribution < 1.29 is 14.6 Å². The highest BCUT2D eigenvalue weighted by atomic mass is 127. The number of benzene rings is 2. The first kappa shape index (κ1) is 16.0. The highest BCUT2D eigenvalue weighted by molar-refractivity contribution is 14.1. The molecule has 108 valence electrons. The quantitative estimate of drug-likeness (QED) is 0.520. The van der Waals surface area contributed by atoms with E-state index in [1.807, 2.05) is 36.4 Å². The molecule has 0 saturated carbocycles. The van der Waals surface area contributed by atoms with Gasteiger partial charge in [-0.2, -0.15) is 0 Å². The molecule has 21 heavy (non-hydrogen) atoms. The van der Waals surface area contributed by atoms with Gasteiger partial charge in [0.1, 0.15) is 12.4 Å². The van der Waals surface area contributed by atoms with Crippen molar-refractivity contribution in [2.45, 2.75) is 6.61 Å². The summed E-state index contributed by atoms with van der Waals surface area (Å²) in [4.78, 5) is 10.6. The van der Waals surface area contributed by atoms with Crippen LogP contribution in [0.2, 0.25) is 0 Å². The summed E-state index contributed by atoms with van der Waals surface area (Å²) in [5, 5.41) is 8.68. The van der Waals surface area contributed by atoms with Gasteiger partial charge in [-0.05, 0) is 70.1 Å². The molecule has 0 aliphatic heterocycles. The molecule has 5 heteroatoms. The number of hydrogen-bond acceptors (Lipinski definition) is 2. The lowest BCUT2D eigenvalue weighted by molar-refractivity contribution is -0.131. The van der Waals surface area contributed by atoms with E-state index in [1.54, 1.807) is 6.07 Å². The Balaban J connectivity index is 2.08. The predicted octanol–water partition coefficient (Wildman–Crippen LogP) is 4.73. The summed E-state index contributed by atoms with van der Waals surface area (Å²) in [6, 6.07) is 13.6. The van der Waals surface area contributed by atoms with Crippen LogP contribution in [0, 0.1) is 3.57 Å². The Hall–Kier alpha value is -1.34. The Morgan fingerprint density at radius 2 is 1.95 bits per heavy atom. The van der Waals surface area contributed by atoms with Crippen molar-refractivity contribution in [1.29, 1.82) is 0 Å². The summed E-state index contributed by atoms with van der Waals surface area (Å²) in [5.41, 5.74) is 1.85. The van der Waals surface area contributed by atoms with Crippen LogP contribution in [0.5, 0.6) is 5.75 Å². The van der Waals surface area contributed by atoms with Gasteiger partial charge in [-0.25, -0.2) is 4.79 Å². The van der Waals surface area contributed by atoms with Crippen molar-refractivity contribution in [3.05, 3.63) is 67.7 Å². The fourth-order valence-corrected chi connectivity index (χ4v) is 2.39. The lowest BCUT2D eigenvalue weighted by atomic mass is 10.2. The van der Waals surface area contributed by atoms with Gasteiger partial charge in [-0.3, -0.25) is 0 Å². The molecule has 0 radical (unpaired) electrons. The second-order valence-electron chi connectivity index (χ2n) is 4.27. The minimum Gasteiger partial charge on any atom is -0.489 e. The van der Waals surface area contributed by atoms with Crippen LogP contribution in [0.1, 0.15) is 11.1 Å². The first-order valence-electron chi connectivity index (χ1n) is 6.12. The third kappa shape index (κ3) is 5.17. The van der Waals surface area contributed by atoms with Gasteiger partial charge >= 0.3 is 5.97 Å². The lowest BCUT2D eigenvalue weighted by Gasteiger charge is -2.08. The molecule has 0 aromatic heterocycles. The highest BCUT2D eigenvalue weighted by Gasteiger charge is 2.02. The molecular formula is C16H12BrIO3. The maximum atomic E-state index is 10.6. The molecule has 0 spiro atoms. The fraction of sp³-hybridized carbons (Fsp3) is 0.0625. The molecule has 0 saturated heterocycles. The number of rotatable bonds is 5. The van der Waals surface area contributed by atoms with Crippen LogP contribution in [0.25, 0.3) is 6.08 Å².